The number of aromatic nitrogens is 1. The number of hydrogen-bond acceptors (Lipinski definition) is 1. The highest BCUT2D eigenvalue weighted by Crippen LogP contribution is 2.12. The zero-order valence-electron chi connectivity index (χ0n) is 4.13. The third-order valence-corrected chi connectivity index (χ3v) is 1.11. The smallest absolute Gasteiger partial charge is 0.168 e. The predicted molar refractivity (Wildman–Crippen MR) is 31.6 cm³/mol. The molecule has 1 aromatic heterocycles. The van der Waals surface area contributed by atoms with Crippen LogP contribution >= 0.6 is 11.6 Å². The van der Waals surface area contributed by atoms with Crippen molar-refractivity contribution in [3.8, 4) is 0 Å². The first-order valence-electron chi connectivity index (χ1n) is 2.26. The van der Waals surface area contributed by atoms with E-state index in [9.17, 15) is 0 Å². The van der Waals surface area contributed by atoms with Gasteiger partial charge < -0.3 is 10.1 Å². The maximum absolute atomic E-state index is 8.65. The molecule has 0 spiro atoms. The first kappa shape index (κ1) is 5.66. The Bertz CT molecular complexity index is 147. The van der Waals surface area contributed by atoms with Crippen LogP contribution in [0.25, 0.3) is 0 Å². The molecule has 0 saturated heterocycles. The average molecular weight is 132 g/mol. The Morgan fingerprint density at radius 3 is 2.75 bits per heavy atom. The Hall–Kier alpha value is -0.470. The van der Waals surface area contributed by atoms with E-state index in [0.29, 0.717) is 5.69 Å². The molecule has 0 aliphatic rings. The maximum Gasteiger partial charge on any atom is 0.168 e. The van der Waals surface area contributed by atoms with E-state index in [4.69, 9.17) is 16.7 Å². The molecular formula is C5H6ClNO. The van der Waals surface area contributed by atoms with Crippen molar-refractivity contribution in [3.05, 3.63) is 24.0 Å². The summed E-state index contributed by atoms with van der Waals surface area (Å²) in [6, 6.07) is 3.50. The molecule has 0 saturated carbocycles. The normalized spacial score (nSPS) is 13.8. The van der Waals surface area contributed by atoms with E-state index in [1.54, 1.807) is 18.3 Å². The highest BCUT2D eigenvalue weighted by atomic mass is 35.5. The minimum absolute atomic E-state index is 0.631. The second-order valence-corrected chi connectivity index (χ2v) is 1.87. The van der Waals surface area contributed by atoms with Crippen LogP contribution in [0.3, 0.4) is 0 Å². The van der Waals surface area contributed by atoms with Gasteiger partial charge >= 0.3 is 0 Å². The van der Waals surface area contributed by atoms with Gasteiger partial charge in [0.2, 0.25) is 0 Å². The van der Waals surface area contributed by atoms with E-state index in [1.165, 1.54) is 0 Å². The van der Waals surface area contributed by atoms with E-state index < -0.39 is 5.56 Å². The Balaban J connectivity index is 2.77. The van der Waals surface area contributed by atoms with Crippen molar-refractivity contribution in [3.63, 3.8) is 0 Å². The number of aromatic amines is 1. The Labute approximate surface area is 52.1 Å². The Morgan fingerprint density at radius 1 is 1.75 bits per heavy atom. The summed E-state index contributed by atoms with van der Waals surface area (Å²) >= 11 is 5.27. The van der Waals surface area contributed by atoms with Crippen molar-refractivity contribution in [2.24, 2.45) is 0 Å². The van der Waals surface area contributed by atoms with Crippen LogP contribution in [0.4, 0.5) is 0 Å². The molecule has 0 aliphatic heterocycles. The van der Waals surface area contributed by atoms with Crippen molar-refractivity contribution in [2.45, 2.75) is 5.56 Å². The molecule has 8 heavy (non-hydrogen) atoms. The summed E-state index contributed by atoms with van der Waals surface area (Å²) < 4.78 is 0. The predicted octanol–water partition coefficient (Wildman–Crippen LogP) is 1.24. The number of alkyl halides is 1. The SMILES string of the molecule is OC(Cl)c1ccc[nH]1. The van der Waals surface area contributed by atoms with Crippen LogP contribution in [-0.2, 0) is 0 Å². The average Bonchev–Trinajstić information content (AvgIpc) is 2.12. The summed E-state index contributed by atoms with van der Waals surface area (Å²) in [5.41, 5.74) is -0.267. The number of aliphatic hydroxyl groups excluding tert-OH is 1. The first-order valence-corrected chi connectivity index (χ1v) is 2.70. The summed E-state index contributed by atoms with van der Waals surface area (Å²) in [6.45, 7) is 0. The summed E-state index contributed by atoms with van der Waals surface area (Å²) in [7, 11) is 0. The summed E-state index contributed by atoms with van der Waals surface area (Å²) in [5, 5.41) is 8.65. The molecule has 1 aromatic rings. The largest absolute Gasteiger partial charge is 0.372 e. The van der Waals surface area contributed by atoms with E-state index in [1.807, 2.05) is 0 Å². The van der Waals surface area contributed by atoms with Crippen LogP contribution in [0.5, 0.6) is 0 Å². The third kappa shape index (κ3) is 1.02. The lowest BCUT2D eigenvalue weighted by Gasteiger charge is -1.93. The molecule has 0 aromatic carbocycles. The molecule has 3 heteroatoms. The Morgan fingerprint density at radius 2 is 2.50 bits per heavy atom. The van der Waals surface area contributed by atoms with E-state index in [0.717, 1.165) is 0 Å². The van der Waals surface area contributed by atoms with Crippen molar-refractivity contribution >= 4 is 11.6 Å². The molecule has 44 valence electrons. The molecule has 1 atom stereocenters. The van der Waals surface area contributed by atoms with Crippen molar-refractivity contribution in [2.75, 3.05) is 0 Å². The fourth-order valence-corrected chi connectivity index (χ4v) is 0.628. The summed E-state index contributed by atoms with van der Waals surface area (Å²) in [5.74, 6) is 0. The number of hydrogen-bond donors (Lipinski definition) is 2. The summed E-state index contributed by atoms with van der Waals surface area (Å²) in [4.78, 5) is 2.75. The summed E-state index contributed by atoms with van der Waals surface area (Å²) in [6.07, 6.45) is 1.71. The maximum atomic E-state index is 8.65. The van der Waals surface area contributed by atoms with E-state index >= 15 is 0 Å². The first-order chi connectivity index (χ1) is 3.80. The molecule has 1 heterocycles. The standard InChI is InChI=1S/C5H6ClNO/c6-5(8)4-2-1-3-7-4/h1-3,5,7-8H. The zero-order chi connectivity index (χ0) is 5.98. The fourth-order valence-electron chi connectivity index (χ4n) is 0.492. The molecule has 0 radical (unpaired) electrons. The lowest BCUT2D eigenvalue weighted by molar-refractivity contribution is 0.258. The molecule has 0 aliphatic carbocycles. The monoisotopic (exact) mass is 131 g/mol. The minimum atomic E-state index is -0.898. The quantitative estimate of drug-likeness (QED) is 0.553. The van der Waals surface area contributed by atoms with Crippen LogP contribution in [0, 0.1) is 0 Å². The van der Waals surface area contributed by atoms with Crippen molar-refractivity contribution in [1.82, 2.24) is 4.98 Å². The van der Waals surface area contributed by atoms with Crippen LogP contribution in [0.1, 0.15) is 11.3 Å². The number of H-pyrrole nitrogens is 1. The van der Waals surface area contributed by atoms with Gasteiger partial charge in [-0.15, -0.1) is 0 Å². The molecule has 2 N–H and O–H groups in total. The molecule has 0 amide bonds. The van der Waals surface area contributed by atoms with Gasteiger partial charge in [0.05, 0.1) is 5.69 Å². The van der Waals surface area contributed by atoms with Crippen LogP contribution in [0.2, 0.25) is 0 Å². The third-order valence-electron chi connectivity index (χ3n) is 0.879. The van der Waals surface area contributed by atoms with E-state index in [2.05, 4.69) is 4.98 Å². The molecule has 1 rings (SSSR count). The van der Waals surface area contributed by atoms with Crippen molar-refractivity contribution in [1.29, 1.82) is 0 Å². The van der Waals surface area contributed by atoms with Crippen molar-refractivity contribution < 1.29 is 5.11 Å². The lowest BCUT2D eigenvalue weighted by Crippen LogP contribution is -1.84. The van der Waals surface area contributed by atoms with Gasteiger partial charge in [-0.25, -0.2) is 0 Å². The highest BCUT2D eigenvalue weighted by Gasteiger charge is 1.99. The fraction of sp³-hybridized carbons (Fsp3) is 0.200. The molecule has 1 unspecified atom stereocenters. The topological polar surface area (TPSA) is 36.0 Å². The highest BCUT2D eigenvalue weighted by molar-refractivity contribution is 6.19. The van der Waals surface area contributed by atoms with Gasteiger partial charge in [-0.05, 0) is 12.1 Å². The van der Waals surface area contributed by atoms with Gasteiger partial charge in [-0.2, -0.15) is 0 Å². The lowest BCUT2D eigenvalue weighted by atomic mass is 10.5. The van der Waals surface area contributed by atoms with Gasteiger partial charge in [0.25, 0.3) is 0 Å². The molecule has 2 nitrogen and oxygen atoms in total. The number of nitrogens with one attached hydrogen (secondary N) is 1. The van der Waals surface area contributed by atoms with Gasteiger partial charge in [-0.3, -0.25) is 0 Å². The van der Waals surface area contributed by atoms with Crippen LogP contribution in [0.15, 0.2) is 18.3 Å². The van der Waals surface area contributed by atoms with Gasteiger partial charge in [0, 0.05) is 6.20 Å². The number of aliphatic hydroxyl groups is 1. The van der Waals surface area contributed by atoms with Crippen LogP contribution < -0.4 is 0 Å². The minimum Gasteiger partial charge on any atom is -0.372 e. The van der Waals surface area contributed by atoms with Gasteiger partial charge in [-0.1, -0.05) is 11.6 Å². The zero-order valence-corrected chi connectivity index (χ0v) is 4.89. The number of halogens is 1. The second kappa shape index (κ2) is 2.20. The van der Waals surface area contributed by atoms with E-state index in [-0.39, 0.29) is 0 Å². The van der Waals surface area contributed by atoms with Crippen LogP contribution in [-0.4, -0.2) is 10.1 Å². The molecule has 0 bridgehead atoms. The van der Waals surface area contributed by atoms with Gasteiger partial charge in [0.1, 0.15) is 0 Å². The van der Waals surface area contributed by atoms with Gasteiger partial charge in [0.15, 0.2) is 5.56 Å². The number of rotatable bonds is 1. The molecular weight excluding hydrogens is 126 g/mol. The second-order valence-electron chi connectivity index (χ2n) is 1.46. The molecule has 0 fully saturated rings. The Kier molecular flexibility index (Phi) is 1.56.